The molecule has 0 saturated carbocycles. The molecule has 4 nitrogen and oxygen atoms in total. The molecule has 3 aromatic rings. The van der Waals surface area contributed by atoms with Gasteiger partial charge in [0.1, 0.15) is 6.04 Å². The van der Waals surface area contributed by atoms with E-state index in [2.05, 4.69) is 21.2 Å². The van der Waals surface area contributed by atoms with Gasteiger partial charge in [0.25, 0.3) is 0 Å². The third-order valence-electron chi connectivity index (χ3n) is 5.70. The first kappa shape index (κ1) is 29.6. The number of nitrogens with one attached hydrogen (secondary N) is 1. The first-order valence-corrected chi connectivity index (χ1v) is 14.8. The molecular weight excluding hydrogens is 591 g/mol. The van der Waals surface area contributed by atoms with Crippen molar-refractivity contribution in [3.05, 3.63) is 104 Å². The Bertz CT molecular complexity index is 1180. The summed E-state index contributed by atoms with van der Waals surface area (Å²) in [7, 11) is 0. The molecule has 1 unspecified atom stereocenters. The second kappa shape index (κ2) is 14.8. The van der Waals surface area contributed by atoms with Gasteiger partial charge in [0.15, 0.2) is 0 Å². The maximum atomic E-state index is 13.7. The lowest BCUT2D eigenvalue weighted by Crippen LogP contribution is -2.51. The summed E-state index contributed by atoms with van der Waals surface area (Å²) in [6, 6.07) is 22.5. The molecule has 0 fully saturated rings. The highest BCUT2D eigenvalue weighted by Gasteiger charge is 2.30. The number of carbonyl (C=O) groups is 2. The number of hydrogen-bond donors (Lipinski definition) is 1. The summed E-state index contributed by atoms with van der Waals surface area (Å²) in [5, 5.41) is 3.90. The Kier molecular flexibility index (Phi) is 11.8. The van der Waals surface area contributed by atoms with Crippen LogP contribution >= 0.6 is 50.9 Å². The van der Waals surface area contributed by atoms with Gasteiger partial charge in [-0.3, -0.25) is 9.59 Å². The molecule has 1 N–H and O–H groups in total. The molecule has 3 aromatic carbocycles. The van der Waals surface area contributed by atoms with Crippen LogP contribution in [0.2, 0.25) is 10.0 Å². The molecule has 37 heavy (non-hydrogen) atoms. The number of nitrogens with zero attached hydrogens (tertiary/aromatic N) is 1. The van der Waals surface area contributed by atoms with Gasteiger partial charge in [0.05, 0.1) is 15.8 Å². The number of hydrogen-bond acceptors (Lipinski definition) is 3. The lowest BCUT2D eigenvalue weighted by atomic mass is 10.0. The second-order valence-corrected chi connectivity index (χ2v) is 11.9. The molecule has 0 radical (unpaired) electrons. The summed E-state index contributed by atoms with van der Waals surface area (Å²) in [4.78, 5) is 28.8. The lowest BCUT2D eigenvalue weighted by Gasteiger charge is -2.32. The molecule has 1 atom stereocenters. The van der Waals surface area contributed by atoms with Crippen molar-refractivity contribution in [1.82, 2.24) is 10.2 Å². The van der Waals surface area contributed by atoms with Gasteiger partial charge < -0.3 is 10.2 Å². The standard InChI is InChI=1S/C29H31BrCl2N2O2S/c1-20(2)16-33-29(36)27(15-21-6-4-3-5-7-21)34(17-23-10-13-25(31)26(32)14-23)28(35)19-37-18-22-8-11-24(30)12-9-22/h3-14,20,27H,15-19H2,1-2H3,(H,33,36). The summed E-state index contributed by atoms with van der Waals surface area (Å²) in [5.41, 5.74) is 2.93. The first-order chi connectivity index (χ1) is 17.7. The van der Waals surface area contributed by atoms with Crippen LogP contribution in [0.3, 0.4) is 0 Å². The monoisotopic (exact) mass is 620 g/mol. The smallest absolute Gasteiger partial charge is 0.243 e. The van der Waals surface area contributed by atoms with E-state index in [4.69, 9.17) is 23.2 Å². The predicted octanol–water partition coefficient (Wildman–Crippen LogP) is 7.40. The Hall–Kier alpha value is -1.99. The minimum atomic E-state index is -0.670. The number of benzene rings is 3. The Labute approximate surface area is 242 Å². The Morgan fingerprint density at radius 1 is 0.919 bits per heavy atom. The van der Waals surface area contributed by atoms with E-state index in [1.165, 1.54) is 11.8 Å². The zero-order valence-corrected chi connectivity index (χ0v) is 24.8. The van der Waals surface area contributed by atoms with Crippen LogP contribution in [0.25, 0.3) is 0 Å². The van der Waals surface area contributed by atoms with Crippen LogP contribution in [0.5, 0.6) is 0 Å². The first-order valence-electron chi connectivity index (χ1n) is 12.1. The van der Waals surface area contributed by atoms with Crippen molar-refractivity contribution in [1.29, 1.82) is 0 Å². The van der Waals surface area contributed by atoms with Crippen LogP contribution < -0.4 is 5.32 Å². The fourth-order valence-electron chi connectivity index (χ4n) is 3.73. The highest BCUT2D eigenvalue weighted by atomic mass is 79.9. The number of rotatable bonds is 12. The average Bonchev–Trinajstić information content (AvgIpc) is 2.88. The van der Waals surface area contributed by atoms with Crippen molar-refractivity contribution >= 4 is 62.7 Å². The summed E-state index contributed by atoms with van der Waals surface area (Å²) < 4.78 is 1.02. The molecule has 0 heterocycles. The van der Waals surface area contributed by atoms with Gasteiger partial charge in [-0.1, -0.05) is 102 Å². The van der Waals surface area contributed by atoms with E-state index < -0.39 is 6.04 Å². The molecule has 196 valence electrons. The summed E-state index contributed by atoms with van der Waals surface area (Å²) in [6.07, 6.45) is 0.412. The van der Waals surface area contributed by atoms with Crippen LogP contribution in [-0.4, -0.2) is 35.1 Å². The van der Waals surface area contributed by atoms with E-state index in [-0.39, 0.29) is 24.1 Å². The van der Waals surface area contributed by atoms with Gasteiger partial charge >= 0.3 is 0 Å². The molecular formula is C29H31BrCl2N2O2S. The lowest BCUT2D eigenvalue weighted by molar-refractivity contribution is -0.139. The van der Waals surface area contributed by atoms with Crippen molar-refractivity contribution in [2.24, 2.45) is 5.92 Å². The highest BCUT2D eigenvalue weighted by molar-refractivity contribution is 9.10. The summed E-state index contributed by atoms with van der Waals surface area (Å²) in [5.74, 6) is 0.975. The SMILES string of the molecule is CC(C)CNC(=O)C(Cc1ccccc1)N(Cc1ccc(Cl)c(Cl)c1)C(=O)CSCc1ccc(Br)cc1. The Morgan fingerprint density at radius 3 is 2.24 bits per heavy atom. The topological polar surface area (TPSA) is 49.4 Å². The van der Waals surface area contributed by atoms with Gasteiger partial charge in [-0.2, -0.15) is 0 Å². The van der Waals surface area contributed by atoms with Gasteiger partial charge in [0, 0.05) is 29.7 Å². The van der Waals surface area contributed by atoms with Gasteiger partial charge in [-0.25, -0.2) is 0 Å². The number of thioether (sulfide) groups is 1. The molecule has 8 heteroatoms. The normalized spacial score (nSPS) is 11.8. The molecule has 0 saturated heterocycles. The van der Waals surface area contributed by atoms with Crippen LogP contribution in [-0.2, 0) is 28.3 Å². The molecule has 0 bridgehead atoms. The Morgan fingerprint density at radius 2 is 1.59 bits per heavy atom. The van der Waals surface area contributed by atoms with Gasteiger partial charge in [-0.05, 0) is 46.9 Å². The van der Waals surface area contributed by atoms with E-state index in [1.807, 2.05) is 74.5 Å². The fourth-order valence-corrected chi connectivity index (χ4v) is 5.19. The minimum Gasteiger partial charge on any atom is -0.354 e. The third-order valence-corrected chi connectivity index (χ3v) is 7.96. The van der Waals surface area contributed by atoms with E-state index in [1.54, 1.807) is 17.0 Å². The van der Waals surface area contributed by atoms with Crippen LogP contribution in [0.15, 0.2) is 77.3 Å². The number of halogens is 3. The van der Waals surface area contributed by atoms with E-state index >= 15 is 0 Å². The summed E-state index contributed by atoms with van der Waals surface area (Å²) >= 11 is 17.4. The maximum Gasteiger partial charge on any atom is 0.243 e. The molecule has 0 aliphatic carbocycles. The quantitative estimate of drug-likeness (QED) is 0.229. The van der Waals surface area contributed by atoms with Crippen LogP contribution in [0.1, 0.15) is 30.5 Å². The Balaban J connectivity index is 1.86. The number of carbonyl (C=O) groups excluding carboxylic acids is 2. The van der Waals surface area contributed by atoms with Crippen LogP contribution in [0, 0.1) is 5.92 Å². The third kappa shape index (κ3) is 9.68. The second-order valence-electron chi connectivity index (χ2n) is 9.23. The largest absolute Gasteiger partial charge is 0.354 e. The van der Waals surface area contributed by atoms with Crippen molar-refractivity contribution < 1.29 is 9.59 Å². The molecule has 3 rings (SSSR count). The van der Waals surface area contributed by atoms with Crippen molar-refractivity contribution in [3.63, 3.8) is 0 Å². The maximum absolute atomic E-state index is 13.7. The van der Waals surface area contributed by atoms with E-state index in [0.29, 0.717) is 34.7 Å². The molecule has 0 aromatic heterocycles. The molecule has 0 spiro atoms. The van der Waals surface area contributed by atoms with E-state index in [0.717, 1.165) is 21.2 Å². The zero-order valence-electron chi connectivity index (χ0n) is 20.9. The molecule has 2 amide bonds. The van der Waals surface area contributed by atoms with Gasteiger partial charge in [0.2, 0.25) is 11.8 Å². The fraction of sp³-hybridized carbons (Fsp3) is 0.310. The van der Waals surface area contributed by atoms with Crippen molar-refractivity contribution in [3.8, 4) is 0 Å². The predicted molar refractivity (Wildman–Crippen MR) is 159 cm³/mol. The van der Waals surface area contributed by atoms with Crippen molar-refractivity contribution in [2.75, 3.05) is 12.3 Å². The van der Waals surface area contributed by atoms with Gasteiger partial charge in [-0.15, -0.1) is 11.8 Å². The number of amides is 2. The molecule has 0 aliphatic heterocycles. The van der Waals surface area contributed by atoms with Crippen molar-refractivity contribution in [2.45, 2.75) is 38.6 Å². The minimum absolute atomic E-state index is 0.103. The highest BCUT2D eigenvalue weighted by Crippen LogP contribution is 2.25. The van der Waals surface area contributed by atoms with E-state index in [9.17, 15) is 9.59 Å². The summed E-state index contributed by atoms with van der Waals surface area (Å²) in [6.45, 7) is 4.88. The average molecular weight is 622 g/mol. The molecule has 0 aliphatic rings. The van der Waals surface area contributed by atoms with Crippen LogP contribution in [0.4, 0.5) is 0 Å². The zero-order chi connectivity index (χ0) is 26.8.